The van der Waals surface area contributed by atoms with Gasteiger partial charge in [0.05, 0.1) is 6.61 Å². The molecule has 0 saturated carbocycles. The number of thiol groups is 1. The summed E-state index contributed by atoms with van der Waals surface area (Å²) >= 11 is 3.96. The zero-order valence-corrected chi connectivity index (χ0v) is 13.7. The summed E-state index contributed by atoms with van der Waals surface area (Å²) in [6, 6.07) is 0. The number of aliphatic hydroxyl groups excluding tert-OH is 2. The Bertz CT molecular complexity index is 663. The third kappa shape index (κ3) is 3.27. The minimum Gasteiger partial charge on any atom is -0.387 e. The van der Waals surface area contributed by atoms with Crippen molar-refractivity contribution in [3.63, 3.8) is 0 Å². The van der Waals surface area contributed by atoms with Crippen molar-refractivity contribution < 1.29 is 38.9 Å². The molecule has 1 saturated heterocycles. The van der Waals surface area contributed by atoms with Crippen LogP contribution in [0.3, 0.4) is 0 Å². The highest BCUT2D eigenvalue weighted by molar-refractivity contribution is 7.82. The molecular weight excluding hydrogens is 367 g/mol. The predicted octanol–water partition coefficient (Wildman–Crippen LogP) is -2.73. The Labute approximate surface area is 140 Å². The average Bonchev–Trinajstić information content (AvgIpc) is 3.00. The van der Waals surface area contributed by atoms with Gasteiger partial charge in [0.2, 0.25) is 0 Å². The number of aliphatic hydroxyl groups is 3. The number of nitrogens with zero attached hydrogens (tertiary/aromatic N) is 4. The first kappa shape index (κ1) is 17.9. The van der Waals surface area contributed by atoms with E-state index in [4.69, 9.17) is 14.5 Å². The lowest BCUT2D eigenvalue weighted by Gasteiger charge is -2.30. The molecule has 12 nitrogen and oxygen atoms in total. The van der Waals surface area contributed by atoms with Gasteiger partial charge in [-0.3, -0.25) is 9.52 Å². The summed E-state index contributed by atoms with van der Waals surface area (Å²) in [4.78, 5) is 30.5. The highest BCUT2D eigenvalue weighted by Gasteiger charge is 2.50. The topological polar surface area (TPSA) is 177 Å². The molecule has 0 radical (unpaired) electrons. The Morgan fingerprint density at radius 1 is 1.46 bits per heavy atom. The van der Waals surface area contributed by atoms with Gasteiger partial charge in [0.25, 0.3) is 5.06 Å². The number of fused-ring (bicyclic) bond motifs is 1. The molecule has 5 N–H and O–H groups in total. The monoisotopic (exact) mass is 382 g/mol. The summed E-state index contributed by atoms with van der Waals surface area (Å²) in [5.41, 5.74) is 0.0635. The van der Waals surface area contributed by atoms with E-state index in [0.29, 0.717) is 0 Å². The van der Waals surface area contributed by atoms with Crippen LogP contribution in [0.25, 0.3) is 0 Å². The summed E-state index contributed by atoms with van der Waals surface area (Å²) in [6.45, 7) is -0.661. The number of hydrogen-bond donors (Lipinski definition) is 6. The quantitative estimate of drug-likeness (QED) is 0.171. The first-order chi connectivity index (χ1) is 11.1. The van der Waals surface area contributed by atoms with Crippen molar-refractivity contribution >= 4 is 38.3 Å². The van der Waals surface area contributed by atoms with Crippen molar-refractivity contribution in [3.8, 4) is 0 Å². The van der Waals surface area contributed by atoms with Crippen LogP contribution in [0.15, 0.2) is 15.0 Å². The van der Waals surface area contributed by atoms with Gasteiger partial charge in [0.1, 0.15) is 37.0 Å². The maximum absolute atomic E-state index is 10.7. The Hall–Kier alpha value is -0.890. The largest absolute Gasteiger partial charge is 0.469 e. The molecular formula is C10H15N4O8PS. The number of phosphoric acid groups is 1. The summed E-state index contributed by atoms with van der Waals surface area (Å²) < 4.78 is 20.5. The van der Waals surface area contributed by atoms with Crippen LogP contribution in [0.2, 0.25) is 0 Å². The van der Waals surface area contributed by atoms with E-state index in [9.17, 15) is 19.9 Å². The maximum atomic E-state index is 10.7. The number of aliphatic imine (C=N–C) groups is 3. The molecule has 0 bridgehead atoms. The fraction of sp³-hybridized carbons (Fsp3) is 0.700. The Morgan fingerprint density at radius 2 is 2.17 bits per heavy atom. The molecule has 3 aliphatic heterocycles. The van der Waals surface area contributed by atoms with Gasteiger partial charge >= 0.3 is 7.82 Å². The zero-order chi connectivity index (χ0) is 17.7. The van der Waals surface area contributed by atoms with Crippen molar-refractivity contribution in [2.45, 2.75) is 29.6 Å². The third-order valence-electron chi connectivity index (χ3n) is 3.65. The molecule has 1 fully saturated rings. The van der Waals surface area contributed by atoms with E-state index < -0.39 is 44.0 Å². The van der Waals surface area contributed by atoms with Crippen LogP contribution in [-0.4, -0.2) is 90.8 Å². The van der Waals surface area contributed by atoms with Gasteiger partial charge in [-0.1, -0.05) is 0 Å². The molecule has 0 aromatic rings. The van der Waals surface area contributed by atoms with Crippen LogP contribution in [0.1, 0.15) is 0 Å². The van der Waals surface area contributed by atoms with Crippen LogP contribution in [0, 0.1) is 0 Å². The van der Waals surface area contributed by atoms with E-state index in [1.165, 1.54) is 4.90 Å². The zero-order valence-electron chi connectivity index (χ0n) is 11.9. The van der Waals surface area contributed by atoms with E-state index in [1.54, 1.807) is 0 Å². The molecule has 0 aliphatic carbocycles. The molecule has 134 valence electrons. The van der Waals surface area contributed by atoms with Gasteiger partial charge in [-0.05, 0) is 0 Å². The molecule has 14 heteroatoms. The lowest BCUT2D eigenvalue weighted by atomic mass is 10.1. The summed E-state index contributed by atoms with van der Waals surface area (Å²) in [5, 5.41) is 28.3. The second kappa shape index (κ2) is 6.12. The van der Waals surface area contributed by atoms with E-state index in [2.05, 4.69) is 32.1 Å². The minimum atomic E-state index is -4.74. The van der Waals surface area contributed by atoms with Gasteiger partial charge in [0, 0.05) is 0 Å². The molecule has 0 aromatic heterocycles. The molecule has 0 spiro atoms. The summed E-state index contributed by atoms with van der Waals surface area (Å²) in [5.74, 6) is 0.162. The van der Waals surface area contributed by atoms with E-state index in [-0.39, 0.29) is 18.2 Å². The lowest BCUT2D eigenvalue weighted by molar-refractivity contribution is -0.0681. The second-order valence-corrected chi connectivity index (χ2v) is 7.15. The molecule has 5 atom stereocenters. The Morgan fingerprint density at radius 3 is 2.83 bits per heavy atom. The predicted molar refractivity (Wildman–Crippen MR) is 82.7 cm³/mol. The first-order valence-corrected chi connectivity index (χ1v) is 8.68. The molecule has 3 aliphatic rings. The van der Waals surface area contributed by atoms with E-state index in [0.717, 1.165) is 6.34 Å². The van der Waals surface area contributed by atoms with Crippen LogP contribution < -0.4 is 0 Å². The van der Waals surface area contributed by atoms with Crippen molar-refractivity contribution in [3.05, 3.63) is 0 Å². The standard InChI is InChI=1S/C10H15N4O8PS/c15-5-4(1-21-23(18,19)20)22-9(6(5)16)14-3-12-7-8(14)11-2-13-10(7,17)24/h2,4-6,9,15-17,24H,1,3H2,(H2,18,19,20)/t4-,5-,6-,9-,10?/m1/s1. The molecule has 3 rings (SSSR count). The molecule has 3 heterocycles. The van der Waals surface area contributed by atoms with Crippen LogP contribution in [0.5, 0.6) is 0 Å². The SMILES string of the molecule is O=P(O)(O)OC[C@H]1O[C@@H](N2CN=C3C2=NC=NC3(O)S)[C@H](O)[C@@H]1O. The smallest absolute Gasteiger partial charge is 0.387 e. The normalized spacial score (nSPS) is 39.0. The average molecular weight is 382 g/mol. The minimum absolute atomic E-state index is 0.0408. The van der Waals surface area contributed by atoms with Gasteiger partial charge in [-0.15, -0.1) is 12.6 Å². The molecule has 0 amide bonds. The number of ether oxygens (including phenoxy) is 1. The molecule has 0 aromatic carbocycles. The first-order valence-electron chi connectivity index (χ1n) is 6.70. The van der Waals surface area contributed by atoms with Gasteiger partial charge in [0.15, 0.2) is 12.1 Å². The highest BCUT2D eigenvalue weighted by Crippen LogP contribution is 2.38. The number of phosphoric ester groups is 1. The molecule has 1 unspecified atom stereocenters. The fourth-order valence-corrected chi connectivity index (χ4v) is 3.10. The van der Waals surface area contributed by atoms with Crippen molar-refractivity contribution in [1.82, 2.24) is 4.90 Å². The summed E-state index contributed by atoms with van der Waals surface area (Å²) in [6.07, 6.45) is -4.07. The van der Waals surface area contributed by atoms with Crippen LogP contribution >= 0.6 is 20.5 Å². The number of hydrogen-bond acceptors (Lipinski definition) is 11. The van der Waals surface area contributed by atoms with Crippen LogP contribution in [0.4, 0.5) is 0 Å². The number of amidine groups is 1. The van der Waals surface area contributed by atoms with Crippen molar-refractivity contribution in [2.75, 3.05) is 13.3 Å². The lowest BCUT2D eigenvalue weighted by Crippen LogP contribution is -2.50. The van der Waals surface area contributed by atoms with Crippen molar-refractivity contribution in [2.24, 2.45) is 15.0 Å². The second-order valence-electron chi connectivity index (χ2n) is 5.28. The van der Waals surface area contributed by atoms with Crippen LogP contribution in [-0.2, 0) is 13.8 Å². The summed E-state index contributed by atoms with van der Waals surface area (Å²) in [7, 11) is -4.74. The Kier molecular flexibility index (Phi) is 4.57. The van der Waals surface area contributed by atoms with E-state index in [1.807, 2.05) is 0 Å². The van der Waals surface area contributed by atoms with Gasteiger partial charge in [-0.2, -0.15) is 0 Å². The fourth-order valence-electron chi connectivity index (χ4n) is 2.53. The number of rotatable bonds is 4. The maximum Gasteiger partial charge on any atom is 0.469 e. The highest BCUT2D eigenvalue weighted by atomic mass is 32.1. The molecule has 24 heavy (non-hydrogen) atoms. The van der Waals surface area contributed by atoms with E-state index >= 15 is 0 Å². The van der Waals surface area contributed by atoms with Gasteiger partial charge < -0.3 is 34.7 Å². The third-order valence-corrected chi connectivity index (χ3v) is 4.46. The van der Waals surface area contributed by atoms with Gasteiger partial charge in [-0.25, -0.2) is 14.5 Å². The van der Waals surface area contributed by atoms with Crippen molar-refractivity contribution in [1.29, 1.82) is 0 Å². The Balaban J connectivity index is 1.74.